The van der Waals surface area contributed by atoms with Crippen LogP contribution in [0.3, 0.4) is 0 Å². The first kappa shape index (κ1) is 16.7. The van der Waals surface area contributed by atoms with Gasteiger partial charge in [-0.2, -0.15) is 0 Å². The van der Waals surface area contributed by atoms with Crippen LogP contribution in [0.2, 0.25) is 10.2 Å². The van der Waals surface area contributed by atoms with Crippen molar-refractivity contribution >= 4 is 40.8 Å². The number of nitrogens with zero attached hydrogens (tertiary/aromatic N) is 2. The van der Waals surface area contributed by atoms with Gasteiger partial charge in [-0.25, -0.2) is 9.78 Å². The van der Waals surface area contributed by atoms with E-state index in [2.05, 4.69) is 4.98 Å². The summed E-state index contributed by atoms with van der Waals surface area (Å²) in [5.74, 6) is -0.935. The predicted molar refractivity (Wildman–Crippen MR) is 91.6 cm³/mol. The van der Waals surface area contributed by atoms with E-state index in [0.29, 0.717) is 6.54 Å². The van der Waals surface area contributed by atoms with Gasteiger partial charge in [0, 0.05) is 18.4 Å². The lowest BCUT2D eigenvalue weighted by Crippen LogP contribution is -2.39. The van der Waals surface area contributed by atoms with Crippen LogP contribution in [0.15, 0.2) is 36.5 Å². The van der Waals surface area contributed by atoms with Gasteiger partial charge in [-0.1, -0.05) is 41.4 Å². The van der Waals surface area contributed by atoms with Crippen LogP contribution in [-0.4, -0.2) is 29.5 Å². The molecule has 7 heteroatoms. The summed E-state index contributed by atoms with van der Waals surface area (Å²) < 4.78 is 5.25. The van der Waals surface area contributed by atoms with Gasteiger partial charge in [0.2, 0.25) is 0 Å². The van der Waals surface area contributed by atoms with E-state index in [-0.39, 0.29) is 21.6 Å². The maximum Gasteiger partial charge on any atom is 0.340 e. The second-order valence-electron chi connectivity index (χ2n) is 5.41. The standard InChI is InChI=1S/C17H14Cl2N2O3/c1-10(24-17(23)12-8-13(18)15(19)20-9-12)16(22)21-7-6-11-4-2-3-5-14(11)21/h2-5,8-10H,6-7H2,1H3/t10-/m1/s1. The first-order valence-electron chi connectivity index (χ1n) is 7.38. The molecule has 0 bridgehead atoms. The van der Waals surface area contributed by atoms with Crippen LogP contribution in [0.5, 0.6) is 0 Å². The molecule has 3 rings (SSSR count). The van der Waals surface area contributed by atoms with E-state index in [4.69, 9.17) is 27.9 Å². The zero-order valence-electron chi connectivity index (χ0n) is 12.8. The second kappa shape index (κ2) is 6.79. The summed E-state index contributed by atoms with van der Waals surface area (Å²) in [6.07, 6.45) is 1.14. The second-order valence-corrected chi connectivity index (χ2v) is 6.18. The number of halogens is 2. The largest absolute Gasteiger partial charge is 0.449 e. The van der Waals surface area contributed by atoms with Gasteiger partial charge in [0.25, 0.3) is 5.91 Å². The van der Waals surface area contributed by atoms with E-state index >= 15 is 0 Å². The first-order valence-corrected chi connectivity index (χ1v) is 8.14. The minimum absolute atomic E-state index is 0.103. The topological polar surface area (TPSA) is 59.5 Å². The summed E-state index contributed by atoms with van der Waals surface area (Å²) in [6.45, 7) is 2.13. The van der Waals surface area contributed by atoms with Gasteiger partial charge in [0.05, 0.1) is 10.6 Å². The van der Waals surface area contributed by atoms with Gasteiger partial charge < -0.3 is 9.64 Å². The summed E-state index contributed by atoms with van der Waals surface area (Å²) in [4.78, 5) is 30.2. The number of anilines is 1. The van der Waals surface area contributed by atoms with Crippen molar-refractivity contribution in [1.82, 2.24) is 4.98 Å². The molecule has 1 atom stereocenters. The maximum atomic E-state index is 12.6. The number of pyridine rings is 1. The molecule has 24 heavy (non-hydrogen) atoms. The zero-order chi connectivity index (χ0) is 17.3. The fourth-order valence-corrected chi connectivity index (χ4v) is 2.87. The number of hydrogen-bond acceptors (Lipinski definition) is 4. The molecule has 0 aliphatic carbocycles. The van der Waals surface area contributed by atoms with Crippen LogP contribution in [0, 0.1) is 0 Å². The van der Waals surface area contributed by atoms with Gasteiger partial charge in [0.15, 0.2) is 6.10 Å². The van der Waals surface area contributed by atoms with Crippen molar-refractivity contribution in [2.75, 3.05) is 11.4 Å². The maximum absolute atomic E-state index is 12.6. The lowest BCUT2D eigenvalue weighted by atomic mass is 10.2. The first-order chi connectivity index (χ1) is 11.5. The van der Waals surface area contributed by atoms with Crippen LogP contribution >= 0.6 is 23.2 Å². The van der Waals surface area contributed by atoms with E-state index in [0.717, 1.165) is 17.7 Å². The number of ether oxygens (including phenoxy) is 1. The Morgan fingerprint density at radius 2 is 2.04 bits per heavy atom. The molecule has 0 radical (unpaired) electrons. The molecule has 0 spiro atoms. The molecule has 0 saturated heterocycles. The Morgan fingerprint density at radius 1 is 1.29 bits per heavy atom. The molecule has 1 amide bonds. The highest BCUT2D eigenvalue weighted by molar-refractivity contribution is 6.41. The van der Waals surface area contributed by atoms with Crippen molar-refractivity contribution in [3.05, 3.63) is 57.8 Å². The van der Waals surface area contributed by atoms with Crippen molar-refractivity contribution in [3.8, 4) is 0 Å². The van der Waals surface area contributed by atoms with E-state index < -0.39 is 12.1 Å². The zero-order valence-corrected chi connectivity index (χ0v) is 14.3. The molecule has 2 aromatic rings. The fraction of sp³-hybridized carbons (Fsp3) is 0.235. The molecule has 5 nitrogen and oxygen atoms in total. The lowest BCUT2D eigenvalue weighted by molar-refractivity contribution is -0.126. The number of carbonyl (C=O) groups excluding carboxylic acids is 2. The molecule has 0 saturated carbocycles. The van der Waals surface area contributed by atoms with Gasteiger partial charge in [0.1, 0.15) is 5.15 Å². The van der Waals surface area contributed by atoms with Crippen LogP contribution in [0.1, 0.15) is 22.8 Å². The number of rotatable bonds is 3. The van der Waals surface area contributed by atoms with E-state index in [1.54, 1.807) is 11.8 Å². The summed E-state index contributed by atoms with van der Waals surface area (Å²) in [6, 6.07) is 9.05. The van der Waals surface area contributed by atoms with Crippen molar-refractivity contribution in [2.45, 2.75) is 19.4 Å². The van der Waals surface area contributed by atoms with Gasteiger partial charge in [-0.3, -0.25) is 4.79 Å². The summed E-state index contributed by atoms with van der Waals surface area (Å²) in [7, 11) is 0. The van der Waals surface area contributed by atoms with Crippen molar-refractivity contribution in [2.24, 2.45) is 0 Å². The highest BCUT2D eigenvalue weighted by atomic mass is 35.5. The molecule has 1 aromatic heterocycles. The number of hydrogen-bond donors (Lipinski definition) is 0. The van der Waals surface area contributed by atoms with Crippen molar-refractivity contribution in [1.29, 1.82) is 0 Å². The molecule has 1 aliphatic rings. The molecule has 1 aliphatic heterocycles. The van der Waals surface area contributed by atoms with E-state index in [9.17, 15) is 9.59 Å². The molecule has 1 aromatic carbocycles. The molecule has 0 N–H and O–H groups in total. The average Bonchev–Trinajstić information content (AvgIpc) is 3.00. The number of benzene rings is 1. The molecule has 0 fully saturated rings. The van der Waals surface area contributed by atoms with Crippen LogP contribution in [0.4, 0.5) is 5.69 Å². The third-order valence-electron chi connectivity index (χ3n) is 3.82. The highest BCUT2D eigenvalue weighted by Crippen LogP contribution is 2.28. The third kappa shape index (κ3) is 3.23. The number of fused-ring (bicyclic) bond motifs is 1. The number of esters is 1. The highest BCUT2D eigenvalue weighted by Gasteiger charge is 2.30. The summed E-state index contributed by atoms with van der Waals surface area (Å²) in [5, 5.41) is 0.254. The van der Waals surface area contributed by atoms with Gasteiger partial charge in [-0.15, -0.1) is 0 Å². The normalized spacial score (nSPS) is 14.2. The van der Waals surface area contributed by atoms with Gasteiger partial charge >= 0.3 is 5.97 Å². The number of para-hydroxylation sites is 1. The Labute approximate surface area is 149 Å². The minimum Gasteiger partial charge on any atom is -0.449 e. The SMILES string of the molecule is C[C@@H](OC(=O)c1cnc(Cl)c(Cl)c1)C(=O)N1CCc2ccccc21. The Morgan fingerprint density at radius 3 is 2.79 bits per heavy atom. The molecule has 2 heterocycles. The van der Waals surface area contributed by atoms with E-state index in [1.807, 2.05) is 24.3 Å². The smallest absolute Gasteiger partial charge is 0.340 e. The Balaban J connectivity index is 1.70. The molecule has 124 valence electrons. The summed E-state index contributed by atoms with van der Waals surface area (Å²) >= 11 is 11.6. The fourth-order valence-electron chi connectivity index (χ4n) is 2.60. The predicted octanol–water partition coefficient (Wildman–Crippen LogP) is 3.52. The Kier molecular flexibility index (Phi) is 4.73. The number of amides is 1. The Bertz CT molecular complexity index is 810. The number of carbonyl (C=O) groups is 2. The van der Waals surface area contributed by atoms with Crippen molar-refractivity contribution < 1.29 is 14.3 Å². The van der Waals surface area contributed by atoms with Crippen LogP contribution < -0.4 is 4.90 Å². The van der Waals surface area contributed by atoms with Crippen LogP contribution in [-0.2, 0) is 16.0 Å². The quantitative estimate of drug-likeness (QED) is 0.617. The van der Waals surface area contributed by atoms with Gasteiger partial charge in [-0.05, 0) is 31.0 Å². The lowest BCUT2D eigenvalue weighted by Gasteiger charge is -2.21. The van der Waals surface area contributed by atoms with Crippen LogP contribution in [0.25, 0.3) is 0 Å². The third-order valence-corrected chi connectivity index (χ3v) is 4.50. The molecular weight excluding hydrogens is 351 g/mol. The number of aromatic nitrogens is 1. The summed E-state index contributed by atoms with van der Waals surface area (Å²) in [5.41, 5.74) is 2.12. The van der Waals surface area contributed by atoms with Crippen molar-refractivity contribution in [3.63, 3.8) is 0 Å². The minimum atomic E-state index is -0.918. The monoisotopic (exact) mass is 364 g/mol. The molecule has 0 unspecified atom stereocenters. The Hall–Kier alpha value is -2.11. The molecular formula is C17H14Cl2N2O3. The average molecular weight is 365 g/mol. The van der Waals surface area contributed by atoms with E-state index in [1.165, 1.54) is 12.3 Å².